The number of nitrogens with zero attached hydrogens (tertiary/aromatic N) is 6. The first-order valence-electron chi connectivity index (χ1n) is 12.1. The third kappa shape index (κ3) is 2.61. The van der Waals surface area contributed by atoms with Crippen LogP contribution in [0.4, 0.5) is 0 Å². The Morgan fingerprint density at radius 2 is 1.36 bits per heavy atom. The van der Waals surface area contributed by atoms with Crippen LogP contribution in [0.2, 0.25) is 0 Å². The van der Waals surface area contributed by atoms with Gasteiger partial charge in [0.25, 0.3) is 0 Å². The Morgan fingerprint density at radius 1 is 0.667 bits per heavy atom. The quantitative estimate of drug-likeness (QED) is 0.282. The van der Waals surface area contributed by atoms with E-state index in [1.807, 2.05) is 0 Å². The summed E-state index contributed by atoms with van der Waals surface area (Å²) in [5.41, 5.74) is 7.11. The lowest BCUT2D eigenvalue weighted by molar-refractivity contribution is 0.972. The highest BCUT2D eigenvalue weighted by Crippen LogP contribution is 2.41. The maximum Gasteiger partial charge on any atom is 0.236 e. The third-order valence-electron chi connectivity index (χ3n) is 7.16. The molecule has 0 saturated heterocycles. The highest BCUT2D eigenvalue weighted by Gasteiger charge is 2.22. The van der Waals surface area contributed by atoms with Crippen molar-refractivity contribution in [3.63, 3.8) is 0 Å². The fourth-order valence-electron chi connectivity index (χ4n) is 5.65. The lowest BCUT2D eigenvalue weighted by Gasteiger charge is -2.15. The van der Waals surface area contributed by atoms with Gasteiger partial charge in [0.1, 0.15) is 5.52 Å². The van der Waals surface area contributed by atoms with E-state index >= 15 is 0 Å². The van der Waals surface area contributed by atoms with E-state index < -0.39 is 0 Å². The summed E-state index contributed by atoms with van der Waals surface area (Å²) in [6.45, 7) is 0. The number of hydrogen-bond donors (Lipinski definition) is 0. The summed E-state index contributed by atoms with van der Waals surface area (Å²) >= 11 is 0. The maximum atomic E-state index is 4.86. The number of rotatable bonds is 2. The van der Waals surface area contributed by atoms with Crippen molar-refractivity contribution in [3.8, 4) is 5.95 Å². The van der Waals surface area contributed by atoms with Crippen LogP contribution in [0.25, 0.3) is 66.4 Å². The molecule has 7 aromatic rings. The minimum atomic E-state index is 0.585. The van der Waals surface area contributed by atoms with Crippen molar-refractivity contribution in [2.24, 2.45) is 0 Å². The van der Waals surface area contributed by atoms with E-state index in [1.165, 1.54) is 38.3 Å². The maximum absolute atomic E-state index is 4.86. The zero-order valence-electron chi connectivity index (χ0n) is 19.3. The van der Waals surface area contributed by atoms with Gasteiger partial charge in [0.15, 0.2) is 5.65 Å². The molecule has 36 heavy (non-hydrogen) atoms. The van der Waals surface area contributed by atoms with Gasteiger partial charge in [0.05, 0.1) is 28.3 Å². The monoisotopic (exact) mass is 464 g/mol. The van der Waals surface area contributed by atoms with Crippen molar-refractivity contribution in [3.05, 3.63) is 97.5 Å². The molecule has 4 heterocycles. The highest BCUT2D eigenvalue weighted by molar-refractivity contribution is 6.24. The molecule has 6 heteroatoms. The highest BCUT2D eigenvalue weighted by atomic mass is 15.2. The second-order valence-corrected chi connectivity index (χ2v) is 9.12. The SMILES string of the molecule is C1=CCCC(n2c3ccccc3c3ccc4c5ccccc5n(-c5ncc6nccnc6n5)c4c32)=C1. The minimum absolute atomic E-state index is 0.585. The van der Waals surface area contributed by atoms with Crippen LogP contribution in [0.1, 0.15) is 12.8 Å². The number of benzene rings is 3. The Balaban J connectivity index is 1.62. The molecule has 0 saturated carbocycles. The predicted molar refractivity (Wildman–Crippen MR) is 145 cm³/mol. The molecule has 3 aromatic carbocycles. The summed E-state index contributed by atoms with van der Waals surface area (Å²) in [5.74, 6) is 0.594. The van der Waals surface area contributed by atoms with E-state index in [0.717, 1.165) is 23.9 Å². The van der Waals surface area contributed by atoms with Crippen LogP contribution < -0.4 is 0 Å². The normalized spacial score (nSPS) is 13.9. The van der Waals surface area contributed by atoms with E-state index in [4.69, 9.17) is 9.97 Å². The van der Waals surface area contributed by atoms with Crippen molar-refractivity contribution >= 4 is 60.5 Å². The van der Waals surface area contributed by atoms with E-state index in [1.54, 1.807) is 18.6 Å². The van der Waals surface area contributed by atoms with Gasteiger partial charge in [-0.15, -0.1) is 0 Å². The lowest BCUT2D eigenvalue weighted by atomic mass is 10.1. The minimum Gasteiger partial charge on any atom is -0.311 e. The van der Waals surface area contributed by atoms with Gasteiger partial charge in [0, 0.05) is 39.6 Å². The van der Waals surface area contributed by atoms with Crippen LogP contribution in [-0.4, -0.2) is 29.1 Å². The van der Waals surface area contributed by atoms with E-state index in [-0.39, 0.29) is 0 Å². The van der Waals surface area contributed by atoms with Crippen LogP contribution in [-0.2, 0) is 0 Å². The molecule has 1 aliphatic carbocycles. The van der Waals surface area contributed by atoms with Gasteiger partial charge < -0.3 is 4.57 Å². The summed E-state index contributed by atoms with van der Waals surface area (Å²) in [5, 5.41) is 4.81. The molecule has 170 valence electrons. The molecule has 0 N–H and O–H groups in total. The Hall–Kier alpha value is -4.84. The smallest absolute Gasteiger partial charge is 0.236 e. The second kappa shape index (κ2) is 7.33. The van der Waals surface area contributed by atoms with E-state index in [9.17, 15) is 0 Å². The molecule has 0 aliphatic heterocycles. The fraction of sp³-hybridized carbons (Fsp3) is 0.0667. The van der Waals surface area contributed by atoms with Crippen molar-refractivity contribution < 1.29 is 0 Å². The summed E-state index contributed by atoms with van der Waals surface area (Å²) in [7, 11) is 0. The number of para-hydroxylation sites is 2. The molecule has 8 rings (SSSR count). The number of allylic oxidation sites excluding steroid dienone is 4. The number of hydrogen-bond acceptors (Lipinski definition) is 4. The van der Waals surface area contributed by atoms with Gasteiger partial charge in [-0.2, -0.15) is 4.98 Å². The standard InChI is InChI=1S/C30H20N6/c1-2-8-19(9-3-1)35-25-12-6-4-10-20(25)22-14-15-23-21-11-5-7-13-26(21)36(28(23)27(22)35)30-33-18-24-29(34-30)32-17-16-31-24/h1-2,4-8,10-18H,3,9H2. The van der Waals surface area contributed by atoms with Crippen molar-refractivity contribution in [2.75, 3.05) is 0 Å². The molecule has 0 amide bonds. The largest absolute Gasteiger partial charge is 0.311 e. The Bertz CT molecular complexity index is 2060. The van der Waals surface area contributed by atoms with Gasteiger partial charge in [-0.3, -0.25) is 4.57 Å². The molecule has 0 bridgehead atoms. The molecule has 0 spiro atoms. The van der Waals surface area contributed by atoms with Gasteiger partial charge >= 0.3 is 0 Å². The molecule has 1 aliphatic rings. The second-order valence-electron chi connectivity index (χ2n) is 9.12. The lowest BCUT2D eigenvalue weighted by Crippen LogP contribution is -2.04. The average Bonchev–Trinajstić information content (AvgIpc) is 3.46. The van der Waals surface area contributed by atoms with Gasteiger partial charge in [0.2, 0.25) is 5.95 Å². The zero-order chi connectivity index (χ0) is 23.6. The molecular weight excluding hydrogens is 444 g/mol. The van der Waals surface area contributed by atoms with Gasteiger partial charge in [-0.05, 0) is 31.1 Å². The Morgan fingerprint density at radius 3 is 2.11 bits per heavy atom. The topological polar surface area (TPSA) is 61.4 Å². The first-order chi connectivity index (χ1) is 17.9. The Kier molecular flexibility index (Phi) is 3.96. The third-order valence-corrected chi connectivity index (χ3v) is 7.16. The summed E-state index contributed by atoms with van der Waals surface area (Å²) in [4.78, 5) is 18.4. The summed E-state index contributed by atoms with van der Waals surface area (Å²) < 4.78 is 4.63. The molecule has 4 aromatic heterocycles. The number of aromatic nitrogens is 6. The van der Waals surface area contributed by atoms with Crippen LogP contribution in [0.5, 0.6) is 0 Å². The van der Waals surface area contributed by atoms with E-state index in [0.29, 0.717) is 17.1 Å². The van der Waals surface area contributed by atoms with E-state index in [2.05, 4.69) is 98.0 Å². The molecular formula is C30H20N6. The summed E-state index contributed by atoms with van der Waals surface area (Å²) in [6, 6.07) is 21.7. The van der Waals surface area contributed by atoms with Crippen LogP contribution >= 0.6 is 0 Å². The Labute approximate surface area is 205 Å². The first-order valence-corrected chi connectivity index (χ1v) is 12.1. The molecule has 6 nitrogen and oxygen atoms in total. The first kappa shape index (κ1) is 19.5. The van der Waals surface area contributed by atoms with Crippen LogP contribution in [0, 0.1) is 0 Å². The van der Waals surface area contributed by atoms with Crippen LogP contribution in [0.3, 0.4) is 0 Å². The van der Waals surface area contributed by atoms with Crippen molar-refractivity contribution in [1.82, 2.24) is 29.1 Å². The zero-order valence-corrected chi connectivity index (χ0v) is 19.3. The molecule has 0 fully saturated rings. The fourth-order valence-corrected chi connectivity index (χ4v) is 5.65. The predicted octanol–water partition coefficient (Wildman–Crippen LogP) is 6.82. The molecule has 0 unspecified atom stereocenters. The van der Waals surface area contributed by atoms with Crippen LogP contribution in [0.15, 0.2) is 97.5 Å². The van der Waals surface area contributed by atoms with Gasteiger partial charge in [-0.25, -0.2) is 15.0 Å². The average molecular weight is 465 g/mol. The molecule has 0 atom stereocenters. The van der Waals surface area contributed by atoms with Gasteiger partial charge in [-0.1, -0.05) is 60.7 Å². The number of fused-ring (bicyclic) bond motifs is 8. The van der Waals surface area contributed by atoms with Crippen molar-refractivity contribution in [2.45, 2.75) is 12.8 Å². The summed E-state index contributed by atoms with van der Waals surface area (Å²) in [6.07, 6.45) is 13.8. The molecule has 0 radical (unpaired) electrons. The van der Waals surface area contributed by atoms with Crippen molar-refractivity contribution in [1.29, 1.82) is 0 Å².